The number of aryl methyl sites for hydroxylation is 1. The van der Waals surface area contributed by atoms with Crippen molar-refractivity contribution in [2.45, 2.75) is 13.3 Å². The smallest absolute Gasteiger partial charge is 0.311 e. The lowest BCUT2D eigenvalue weighted by Gasteiger charge is -2.07. The number of rotatable bonds is 8. The van der Waals surface area contributed by atoms with Gasteiger partial charge >= 0.3 is 5.69 Å². The van der Waals surface area contributed by atoms with Crippen LogP contribution in [0.15, 0.2) is 24.9 Å². The van der Waals surface area contributed by atoms with E-state index in [4.69, 9.17) is 4.74 Å². The lowest BCUT2D eigenvalue weighted by atomic mass is 10.3. The van der Waals surface area contributed by atoms with Crippen molar-refractivity contribution in [3.8, 4) is 0 Å². The van der Waals surface area contributed by atoms with Crippen LogP contribution in [0.25, 0.3) is 0 Å². The van der Waals surface area contributed by atoms with Gasteiger partial charge < -0.3 is 10.1 Å². The van der Waals surface area contributed by atoms with Crippen molar-refractivity contribution in [2.75, 3.05) is 25.1 Å². The van der Waals surface area contributed by atoms with Gasteiger partial charge in [0.05, 0.1) is 18.1 Å². The van der Waals surface area contributed by atoms with E-state index >= 15 is 0 Å². The lowest BCUT2D eigenvalue weighted by Crippen LogP contribution is -2.12. The zero-order valence-corrected chi connectivity index (χ0v) is 10.4. The molecule has 0 spiro atoms. The van der Waals surface area contributed by atoms with Crippen LogP contribution in [0.2, 0.25) is 0 Å². The fourth-order valence-corrected chi connectivity index (χ4v) is 1.34. The Labute approximate surface area is 106 Å². The lowest BCUT2D eigenvalue weighted by molar-refractivity contribution is -0.384. The summed E-state index contributed by atoms with van der Waals surface area (Å²) in [4.78, 5) is 14.4. The van der Waals surface area contributed by atoms with Gasteiger partial charge in [0, 0.05) is 18.8 Å². The van der Waals surface area contributed by atoms with Crippen molar-refractivity contribution in [1.82, 2.24) is 4.98 Å². The summed E-state index contributed by atoms with van der Waals surface area (Å²) in [5.74, 6) is 0.276. The summed E-state index contributed by atoms with van der Waals surface area (Å²) >= 11 is 0. The van der Waals surface area contributed by atoms with Gasteiger partial charge in [-0.1, -0.05) is 6.08 Å². The van der Waals surface area contributed by atoms with E-state index in [0.29, 0.717) is 19.8 Å². The van der Waals surface area contributed by atoms with Gasteiger partial charge in [0.15, 0.2) is 0 Å². The SMILES string of the molecule is C=CCCOCCNc1ncc(C)cc1[N+](=O)[O-]. The minimum atomic E-state index is -0.444. The molecule has 0 atom stereocenters. The number of anilines is 1. The van der Waals surface area contributed by atoms with E-state index in [9.17, 15) is 10.1 Å². The molecule has 1 rings (SSSR count). The molecule has 1 heterocycles. The predicted molar refractivity (Wildman–Crippen MR) is 69.8 cm³/mol. The van der Waals surface area contributed by atoms with Crippen molar-refractivity contribution in [2.24, 2.45) is 0 Å². The maximum Gasteiger partial charge on any atom is 0.311 e. The number of nitrogens with zero attached hydrogens (tertiary/aromatic N) is 2. The van der Waals surface area contributed by atoms with E-state index in [-0.39, 0.29) is 11.5 Å². The van der Waals surface area contributed by atoms with Crippen molar-refractivity contribution >= 4 is 11.5 Å². The topological polar surface area (TPSA) is 77.3 Å². The molecule has 1 N–H and O–H groups in total. The third-order valence-corrected chi connectivity index (χ3v) is 2.21. The number of ether oxygens (including phenoxy) is 1. The van der Waals surface area contributed by atoms with Gasteiger partial charge in [-0.25, -0.2) is 4.98 Å². The third kappa shape index (κ3) is 4.50. The van der Waals surface area contributed by atoms with Crippen LogP contribution >= 0.6 is 0 Å². The second-order valence-electron chi connectivity index (χ2n) is 3.75. The summed E-state index contributed by atoms with van der Waals surface area (Å²) in [6.07, 6.45) is 4.16. The number of nitrogens with one attached hydrogen (secondary N) is 1. The summed E-state index contributed by atoms with van der Waals surface area (Å²) < 4.78 is 5.29. The molecule has 18 heavy (non-hydrogen) atoms. The molecule has 0 aliphatic heterocycles. The number of aromatic nitrogens is 1. The number of nitro groups is 1. The summed E-state index contributed by atoms with van der Waals surface area (Å²) in [5, 5.41) is 13.7. The molecule has 1 aromatic heterocycles. The fraction of sp³-hybridized carbons (Fsp3) is 0.417. The van der Waals surface area contributed by atoms with Crippen LogP contribution in [-0.2, 0) is 4.74 Å². The van der Waals surface area contributed by atoms with E-state index in [1.807, 2.05) is 0 Å². The van der Waals surface area contributed by atoms with Crippen molar-refractivity contribution in [3.05, 3.63) is 40.6 Å². The van der Waals surface area contributed by atoms with E-state index in [1.165, 1.54) is 6.07 Å². The molecular formula is C12H17N3O3. The maximum atomic E-state index is 10.8. The Hall–Kier alpha value is -1.95. The Kier molecular flexibility index (Phi) is 5.79. The standard InChI is InChI=1S/C12H17N3O3/c1-3-4-6-18-7-5-13-12-11(15(16)17)8-10(2)9-14-12/h3,8-9H,1,4-7H2,2H3,(H,13,14). The Morgan fingerprint density at radius 1 is 1.61 bits per heavy atom. The summed E-state index contributed by atoms with van der Waals surface area (Å²) in [5.41, 5.74) is 0.746. The van der Waals surface area contributed by atoms with E-state index in [0.717, 1.165) is 12.0 Å². The van der Waals surface area contributed by atoms with Crippen molar-refractivity contribution in [1.29, 1.82) is 0 Å². The summed E-state index contributed by atoms with van der Waals surface area (Å²) in [6.45, 7) is 6.91. The highest BCUT2D eigenvalue weighted by atomic mass is 16.6. The molecule has 0 aliphatic carbocycles. The minimum Gasteiger partial charge on any atom is -0.379 e. The van der Waals surface area contributed by atoms with Gasteiger partial charge in [0.25, 0.3) is 0 Å². The number of hydrogen-bond acceptors (Lipinski definition) is 5. The molecule has 0 fully saturated rings. The number of pyridine rings is 1. The molecule has 0 unspecified atom stereocenters. The average molecular weight is 251 g/mol. The molecule has 0 bridgehead atoms. The van der Waals surface area contributed by atoms with Crippen LogP contribution < -0.4 is 5.32 Å². The molecule has 6 heteroatoms. The predicted octanol–water partition coefficient (Wildman–Crippen LogP) is 2.30. The van der Waals surface area contributed by atoms with Crippen LogP contribution in [0.3, 0.4) is 0 Å². The first kappa shape index (κ1) is 14.1. The first-order valence-corrected chi connectivity index (χ1v) is 5.68. The van der Waals surface area contributed by atoms with Gasteiger partial charge in [-0.05, 0) is 18.9 Å². The molecule has 6 nitrogen and oxygen atoms in total. The van der Waals surface area contributed by atoms with E-state index in [1.54, 1.807) is 19.2 Å². The molecular weight excluding hydrogens is 234 g/mol. The largest absolute Gasteiger partial charge is 0.379 e. The summed E-state index contributed by atoms with van der Waals surface area (Å²) in [6, 6.07) is 1.49. The van der Waals surface area contributed by atoms with Crippen molar-refractivity contribution < 1.29 is 9.66 Å². The molecule has 1 aromatic rings. The first-order valence-electron chi connectivity index (χ1n) is 5.68. The van der Waals surface area contributed by atoms with E-state index < -0.39 is 4.92 Å². The monoisotopic (exact) mass is 251 g/mol. The average Bonchev–Trinajstić information content (AvgIpc) is 2.35. The van der Waals surface area contributed by atoms with Crippen LogP contribution in [0, 0.1) is 17.0 Å². The van der Waals surface area contributed by atoms with Crippen LogP contribution in [0.5, 0.6) is 0 Å². The van der Waals surface area contributed by atoms with Gasteiger partial charge in [0.1, 0.15) is 0 Å². The Morgan fingerprint density at radius 3 is 3.06 bits per heavy atom. The molecule has 0 saturated heterocycles. The van der Waals surface area contributed by atoms with Gasteiger partial charge in [-0.2, -0.15) is 0 Å². The van der Waals surface area contributed by atoms with E-state index in [2.05, 4.69) is 16.9 Å². The van der Waals surface area contributed by atoms with Crippen LogP contribution in [0.4, 0.5) is 11.5 Å². The third-order valence-electron chi connectivity index (χ3n) is 2.21. The normalized spacial score (nSPS) is 10.1. The van der Waals surface area contributed by atoms with Crippen LogP contribution in [-0.4, -0.2) is 29.7 Å². The minimum absolute atomic E-state index is 0.0129. The van der Waals surface area contributed by atoms with Crippen LogP contribution in [0.1, 0.15) is 12.0 Å². The highest BCUT2D eigenvalue weighted by molar-refractivity contribution is 5.56. The fourth-order valence-electron chi connectivity index (χ4n) is 1.34. The molecule has 98 valence electrons. The molecule has 0 radical (unpaired) electrons. The second-order valence-corrected chi connectivity index (χ2v) is 3.75. The quantitative estimate of drug-likeness (QED) is 0.332. The highest BCUT2D eigenvalue weighted by Crippen LogP contribution is 2.21. The van der Waals surface area contributed by atoms with Crippen molar-refractivity contribution in [3.63, 3.8) is 0 Å². The zero-order valence-electron chi connectivity index (χ0n) is 10.4. The first-order chi connectivity index (χ1) is 8.65. The summed E-state index contributed by atoms with van der Waals surface area (Å²) in [7, 11) is 0. The van der Waals surface area contributed by atoms with Gasteiger partial charge in [-0.3, -0.25) is 10.1 Å². The zero-order chi connectivity index (χ0) is 13.4. The molecule has 0 saturated carbocycles. The van der Waals surface area contributed by atoms with Gasteiger partial charge in [0.2, 0.25) is 5.82 Å². The Balaban J connectivity index is 2.46. The van der Waals surface area contributed by atoms with Gasteiger partial charge in [-0.15, -0.1) is 6.58 Å². The highest BCUT2D eigenvalue weighted by Gasteiger charge is 2.14. The molecule has 0 amide bonds. The molecule has 0 aliphatic rings. The Bertz CT molecular complexity index is 421. The number of hydrogen-bond donors (Lipinski definition) is 1. The second kappa shape index (κ2) is 7.39. The maximum absolute atomic E-state index is 10.8. The Morgan fingerprint density at radius 2 is 2.39 bits per heavy atom. The molecule has 0 aromatic carbocycles.